The van der Waals surface area contributed by atoms with Gasteiger partial charge in [0.1, 0.15) is 5.82 Å². The topological polar surface area (TPSA) is 60.0 Å². The van der Waals surface area contributed by atoms with Crippen LogP contribution < -0.4 is 5.73 Å². The van der Waals surface area contributed by atoms with Crippen LogP contribution in [0.4, 0.5) is 0 Å². The molecule has 3 aromatic rings. The van der Waals surface area contributed by atoms with Gasteiger partial charge in [-0.15, -0.1) is 0 Å². The molecule has 0 aliphatic heterocycles. The van der Waals surface area contributed by atoms with Crippen molar-refractivity contribution in [3.63, 3.8) is 0 Å². The van der Waals surface area contributed by atoms with Gasteiger partial charge in [0, 0.05) is 18.3 Å². The molecule has 2 heterocycles. The number of benzene rings is 1. The van der Waals surface area contributed by atoms with Crippen LogP contribution in [0, 0.1) is 0 Å². The molecule has 0 spiro atoms. The number of aryl methyl sites for hydroxylation is 1. The average Bonchev–Trinajstić information content (AvgIpc) is 3.11. The van der Waals surface area contributed by atoms with Gasteiger partial charge < -0.3 is 10.3 Å². The summed E-state index contributed by atoms with van der Waals surface area (Å²) in [7, 11) is 2.23. The van der Waals surface area contributed by atoms with E-state index in [9.17, 15) is 0 Å². The molecule has 1 aromatic carbocycles. The summed E-state index contributed by atoms with van der Waals surface area (Å²) in [4.78, 5) is 12.3. The minimum absolute atomic E-state index is 0.358. The average molecular weight is 390 g/mol. The Morgan fingerprint density at radius 3 is 2.76 bits per heavy atom. The lowest BCUT2D eigenvalue weighted by molar-refractivity contribution is 0.197. The van der Waals surface area contributed by atoms with E-state index in [2.05, 4.69) is 52.9 Å². The molecule has 2 aliphatic rings. The number of hydrogen-bond acceptors (Lipinski definition) is 4. The van der Waals surface area contributed by atoms with Crippen molar-refractivity contribution in [1.82, 2.24) is 19.4 Å². The Balaban J connectivity index is 1.47. The van der Waals surface area contributed by atoms with Crippen LogP contribution in [0.1, 0.15) is 67.7 Å². The Kier molecular flexibility index (Phi) is 5.10. The second kappa shape index (κ2) is 7.88. The zero-order valence-corrected chi connectivity index (χ0v) is 17.3. The Morgan fingerprint density at radius 1 is 1.07 bits per heavy atom. The molecule has 1 unspecified atom stereocenters. The molecule has 29 heavy (non-hydrogen) atoms. The van der Waals surface area contributed by atoms with E-state index in [1.165, 1.54) is 35.4 Å². The Hall–Kier alpha value is -2.24. The van der Waals surface area contributed by atoms with Crippen LogP contribution in [0.3, 0.4) is 0 Å². The summed E-state index contributed by atoms with van der Waals surface area (Å²) in [6.07, 6.45) is 9.97. The number of aromatic nitrogens is 3. The fourth-order valence-electron chi connectivity index (χ4n) is 5.32. The van der Waals surface area contributed by atoms with Crippen molar-refractivity contribution in [1.29, 1.82) is 0 Å². The molecule has 0 saturated heterocycles. The Morgan fingerprint density at radius 2 is 1.90 bits per heavy atom. The van der Waals surface area contributed by atoms with Gasteiger partial charge in [0.05, 0.1) is 29.3 Å². The highest BCUT2D eigenvalue weighted by molar-refractivity contribution is 5.76. The van der Waals surface area contributed by atoms with Crippen molar-refractivity contribution >= 4 is 11.0 Å². The molecule has 0 amide bonds. The Labute approximate surface area is 172 Å². The summed E-state index contributed by atoms with van der Waals surface area (Å²) < 4.78 is 2.51. The molecule has 5 heteroatoms. The quantitative estimate of drug-likeness (QED) is 0.719. The third-order valence-electron chi connectivity index (χ3n) is 6.86. The van der Waals surface area contributed by atoms with Crippen LogP contribution in [0.2, 0.25) is 0 Å². The third-order valence-corrected chi connectivity index (χ3v) is 6.86. The summed E-state index contributed by atoms with van der Waals surface area (Å²) in [5.74, 6) is 1.18. The van der Waals surface area contributed by atoms with Crippen LogP contribution in [0.15, 0.2) is 42.6 Å². The highest BCUT2D eigenvalue weighted by Gasteiger charge is 2.28. The summed E-state index contributed by atoms with van der Waals surface area (Å²) in [6, 6.07) is 14.1. The lowest BCUT2D eigenvalue weighted by atomic mass is 9.91. The lowest BCUT2D eigenvalue weighted by Crippen LogP contribution is -2.31. The highest BCUT2D eigenvalue weighted by Crippen LogP contribution is 2.35. The maximum Gasteiger partial charge on any atom is 0.124 e. The van der Waals surface area contributed by atoms with Gasteiger partial charge in [-0.3, -0.25) is 9.88 Å². The number of fused-ring (bicyclic) bond motifs is 2. The van der Waals surface area contributed by atoms with Crippen molar-refractivity contribution < 1.29 is 0 Å². The molecule has 2 aliphatic carbocycles. The second-order valence-electron chi connectivity index (χ2n) is 8.83. The van der Waals surface area contributed by atoms with Gasteiger partial charge in [0.25, 0.3) is 0 Å². The van der Waals surface area contributed by atoms with E-state index in [0.717, 1.165) is 44.2 Å². The van der Waals surface area contributed by atoms with E-state index in [1.54, 1.807) is 0 Å². The van der Waals surface area contributed by atoms with E-state index in [-0.39, 0.29) is 0 Å². The van der Waals surface area contributed by atoms with E-state index in [0.29, 0.717) is 18.1 Å². The molecule has 0 bridgehead atoms. The second-order valence-corrected chi connectivity index (χ2v) is 8.83. The number of pyridine rings is 1. The highest BCUT2D eigenvalue weighted by atomic mass is 15.2. The molecule has 0 radical (unpaired) electrons. The van der Waals surface area contributed by atoms with Gasteiger partial charge in [0.2, 0.25) is 0 Å². The first-order valence-corrected chi connectivity index (χ1v) is 11.1. The molecule has 5 rings (SSSR count). The van der Waals surface area contributed by atoms with Crippen molar-refractivity contribution in [2.45, 2.75) is 69.6 Å². The molecular formula is C24H31N5. The zero-order valence-electron chi connectivity index (χ0n) is 17.3. The SMILES string of the molecule is CN(Cc1nc2ccccc2n1[C@H]1CC[C@H](N)CC1)C1CCCc2cccnc21. The first kappa shape index (κ1) is 18.8. The monoisotopic (exact) mass is 389 g/mol. The number of hydrogen-bond donors (Lipinski definition) is 1. The molecule has 1 atom stereocenters. The van der Waals surface area contributed by atoms with E-state index >= 15 is 0 Å². The molecule has 2 aromatic heterocycles. The zero-order chi connectivity index (χ0) is 19.8. The van der Waals surface area contributed by atoms with E-state index in [1.807, 2.05) is 6.20 Å². The molecule has 2 N–H and O–H groups in total. The summed E-state index contributed by atoms with van der Waals surface area (Å²) in [5.41, 5.74) is 11.2. The number of rotatable bonds is 4. The lowest BCUT2D eigenvalue weighted by Gasteiger charge is -2.33. The first-order chi connectivity index (χ1) is 14.2. The van der Waals surface area contributed by atoms with Crippen LogP contribution in [0.5, 0.6) is 0 Å². The van der Waals surface area contributed by atoms with Gasteiger partial charge in [0.15, 0.2) is 0 Å². The first-order valence-electron chi connectivity index (χ1n) is 11.1. The van der Waals surface area contributed by atoms with Crippen LogP contribution in [-0.4, -0.2) is 32.5 Å². The molecule has 152 valence electrons. The number of imidazole rings is 1. The Bertz CT molecular complexity index is 986. The molecular weight excluding hydrogens is 358 g/mol. The van der Waals surface area contributed by atoms with Crippen molar-refractivity contribution in [3.8, 4) is 0 Å². The number of nitrogens with two attached hydrogens (primary N) is 1. The fraction of sp³-hybridized carbons (Fsp3) is 0.500. The molecule has 1 fully saturated rings. The standard InChI is InChI=1S/C24H31N5/c1-28(22-10-4-6-17-7-5-15-26-24(17)22)16-23-27-20-8-2-3-9-21(20)29(23)19-13-11-18(25)12-14-19/h2-3,5,7-9,15,18-19,22H,4,6,10-14,16,25H2,1H3/t18-,19-,22?. The largest absolute Gasteiger partial charge is 0.328 e. The van der Waals surface area contributed by atoms with Crippen molar-refractivity contribution in [3.05, 3.63) is 59.7 Å². The van der Waals surface area contributed by atoms with Gasteiger partial charge >= 0.3 is 0 Å². The smallest absolute Gasteiger partial charge is 0.124 e. The minimum atomic E-state index is 0.358. The van der Waals surface area contributed by atoms with Crippen molar-refractivity contribution in [2.75, 3.05) is 7.05 Å². The normalized spacial score (nSPS) is 24.7. The third kappa shape index (κ3) is 3.58. The van der Waals surface area contributed by atoms with Gasteiger partial charge in [-0.05, 0) is 75.8 Å². The minimum Gasteiger partial charge on any atom is -0.328 e. The number of para-hydroxylation sites is 2. The number of nitrogens with zero attached hydrogens (tertiary/aromatic N) is 4. The van der Waals surface area contributed by atoms with Crippen LogP contribution in [-0.2, 0) is 13.0 Å². The predicted octanol–water partition coefficient (Wildman–Crippen LogP) is 4.38. The van der Waals surface area contributed by atoms with Gasteiger partial charge in [-0.2, -0.15) is 0 Å². The summed E-state index contributed by atoms with van der Waals surface area (Å²) in [6.45, 7) is 0.845. The van der Waals surface area contributed by atoms with Gasteiger partial charge in [-0.1, -0.05) is 18.2 Å². The van der Waals surface area contributed by atoms with E-state index < -0.39 is 0 Å². The van der Waals surface area contributed by atoms with E-state index in [4.69, 9.17) is 15.7 Å². The van der Waals surface area contributed by atoms with Crippen molar-refractivity contribution in [2.24, 2.45) is 5.73 Å². The fourth-order valence-corrected chi connectivity index (χ4v) is 5.32. The van der Waals surface area contributed by atoms with Gasteiger partial charge in [-0.25, -0.2) is 4.98 Å². The summed E-state index contributed by atoms with van der Waals surface area (Å²) in [5, 5.41) is 0. The predicted molar refractivity (Wildman–Crippen MR) is 117 cm³/mol. The van der Waals surface area contributed by atoms with Crippen LogP contribution >= 0.6 is 0 Å². The summed E-state index contributed by atoms with van der Waals surface area (Å²) >= 11 is 0. The van der Waals surface area contributed by atoms with Crippen LogP contribution in [0.25, 0.3) is 11.0 Å². The maximum absolute atomic E-state index is 6.18. The molecule has 5 nitrogen and oxygen atoms in total. The molecule has 1 saturated carbocycles. The maximum atomic E-state index is 6.18.